The molecule has 21 heavy (non-hydrogen) atoms. The Hall–Kier alpha value is -2.57. The molecular weight excluding hydrogens is 268 g/mol. The number of hydrogen-bond acceptors (Lipinski definition) is 5. The molecule has 0 radical (unpaired) electrons. The summed E-state index contributed by atoms with van der Waals surface area (Å²) in [6.45, 7) is 4.55. The maximum absolute atomic E-state index is 12.5. The molecule has 0 spiro atoms. The van der Waals surface area contributed by atoms with E-state index in [4.69, 9.17) is 0 Å². The van der Waals surface area contributed by atoms with Gasteiger partial charge in [-0.2, -0.15) is 5.21 Å². The lowest BCUT2D eigenvalue weighted by atomic mass is 10.1. The van der Waals surface area contributed by atoms with Crippen LogP contribution in [0, 0.1) is 13.8 Å². The molecule has 0 saturated heterocycles. The SMILES string of the molecule is Cc1cc(C)c2ncn(CCCc3nn[nH]n3)c(=O)c2c1. The van der Waals surface area contributed by atoms with Crippen molar-refractivity contribution in [1.29, 1.82) is 0 Å². The molecule has 0 unspecified atom stereocenters. The molecule has 3 aromatic rings. The Morgan fingerprint density at radius 3 is 2.90 bits per heavy atom. The quantitative estimate of drug-likeness (QED) is 0.776. The van der Waals surface area contributed by atoms with Crippen molar-refractivity contribution < 1.29 is 0 Å². The Labute approximate surface area is 121 Å². The topological polar surface area (TPSA) is 89.3 Å². The van der Waals surface area contributed by atoms with Crippen LogP contribution in [-0.2, 0) is 13.0 Å². The molecule has 0 aliphatic rings. The van der Waals surface area contributed by atoms with E-state index >= 15 is 0 Å². The van der Waals surface area contributed by atoms with Gasteiger partial charge in [0.1, 0.15) is 0 Å². The Morgan fingerprint density at radius 1 is 1.29 bits per heavy atom. The zero-order valence-electron chi connectivity index (χ0n) is 12.0. The zero-order chi connectivity index (χ0) is 14.8. The molecule has 7 nitrogen and oxygen atoms in total. The van der Waals surface area contributed by atoms with Crippen molar-refractivity contribution in [3.8, 4) is 0 Å². The van der Waals surface area contributed by atoms with E-state index in [9.17, 15) is 4.79 Å². The minimum Gasteiger partial charge on any atom is -0.299 e. The largest absolute Gasteiger partial charge is 0.299 e. The van der Waals surface area contributed by atoms with Crippen molar-refractivity contribution >= 4 is 10.9 Å². The van der Waals surface area contributed by atoms with Gasteiger partial charge in [-0.25, -0.2) is 4.98 Å². The first kappa shape index (κ1) is 13.4. The Morgan fingerprint density at radius 2 is 2.14 bits per heavy atom. The third-order valence-electron chi connectivity index (χ3n) is 3.45. The molecule has 2 aromatic heterocycles. The van der Waals surface area contributed by atoms with Gasteiger partial charge in [-0.15, -0.1) is 10.2 Å². The van der Waals surface area contributed by atoms with Crippen molar-refractivity contribution in [3.05, 3.63) is 45.8 Å². The van der Waals surface area contributed by atoms with Gasteiger partial charge in [-0.05, 0) is 37.5 Å². The first-order valence-electron chi connectivity index (χ1n) is 6.84. The fraction of sp³-hybridized carbons (Fsp3) is 0.357. The summed E-state index contributed by atoms with van der Waals surface area (Å²) in [5.74, 6) is 0.656. The highest BCUT2D eigenvalue weighted by molar-refractivity contribution is 5.81. The molecule has 108 valence electrons. The lowest BCUT2D eigenvalue weighted by Gasteiger charge is -2.08. The van der Waals surface area contributed by atoms with Gasteiger partial charge in [0.15, 0.2) is 5.82 Å². The van der Waals surface area contributed by atoms with Crippen LogP contribution in [0.15, 0.2) is 23.3 Å². The van der Waals surface area contributed by atoms with Crippen molar-refractivity contribution in [2.24, 2.45) is 0 Å². The van der Waals surface area contributed by atoms with Crippen LogP contribution in [-0.4, -0.2) is 30.2 Å². The smallest absolute Gasteiger partial charge is 0.261 e. The maximum atomic E-state index is 12.5. The van der Waals surface area contributed by atoms with E-state index in [1.54, 1.807) is 10.9 Å². The molecule has 3 rings (SSSR count). The van der Waals surface area contributed by atoms with Crippen LogP contribution >= 0.6 is 0 Å². The lowest BCUT2D eigenvalue weighted by molar-refractivity contribution is 0.606. The standard InChI is InChI=1S/C14H16N6O/c1-9-6-10(2)13-11(7-9)14(21)20(8-15-13)5-3-4-12-16-18-19-17-12/h6-8H,3-5H2,1-2H3,(H,16,17,18,19). The number of H-pyrrole nitrogens is 1. The third kappa shape index (κ3) is 2.67. The molecule has 7 heteroatoms. The summed E-state index contributed by atoms with van der Waals surface area (Å²) < 4.78 is 1.64. The number of nitrogens with one attached hydrogen (secondary N) is 1. The number of aromatic nitrogens is 6. The Balaban J connectivity index is 1.86. The summed E-state index contributed by atoms with van der Waals surface area (Å²) in [7, 11) is 0. The molecule has 0 fully saturated rings. The van der Waals surface area contributed by atoms with Crippen molar-refractivity contribution in [1.82, 2.24) is 30.2 Å². The van der Waals surface area contributed by atoms with E-state index in [-0.39, 0.29) is 5.56 Å². The van der Waals surface area contributed by atoms with Gasteiger partial charge in [0, 0.05) is 13.0 Å². The van der Waals surface area contributed by atoms with Crippen LogP contribution in [0.5, 0.6) is 0 Å². The monoisotopic (exact) mass is 284 g/mol. The molecule has 0 saturated carbocycles. The number of aromatic amines is 1. The van der Waals surface area contributed by atoms with Gasteiger partial charge in [0.25, 0.3) is 5.56 Å². The minimum absolute atomic E-state index is 0.0000815. The fourth-order valence-electron chi connectivity index (χ4n) is 2.48. The summed E-state index contributed by atoms with van der Waals surface area (Å²) in [6, 6.07) is 3.93. The van der Waals surface area contributed by atoms with Gasteiger partial charge in [-0.3, -0.25) is 9.36 Å². The Kier molecular flexibility index (Phi) is 3.47. The summed E-state index contributed by atoms with van der Waals surface area (Å²) in [4.78, 5) is 16.9. The summed E-state index contributed by atoms with van der Waals surface area (Å²) in [5, 5.41) is 14.4. The summed E-state index contributed by atoms with van der Waals surface area (Å²) in [5.41, 5.74) is 2.88. The van der Waals surface area contributed by atoms with E-state index in [1.165, 1.54) is 0 Å². The van der Waals surface area contributed by atoms with E-state index in [1.807, 2.05) is 26.0 Å². The average molecular weight is 284 g/mol. The predicted molar refractivity (Wildman–Crippen MR) is 78.0 cm³/mol. The highest BCUT2D eigenvalue weighted by Gasteiger charge is 2.07. The van der Waals surface area contributed by atoms with E-state index in [0.717, 1.165) is 23.1 Å². The maximum Gasteiger partial charge on any atom is 0.261 e. The molecule has 0 atom stereocenters. The van der Waals surface area contributed by atoms with Gasteiger partial charge < -0.3 is 0 Å². The molecule has 2 heterocycles. The van der Waals surface area contributed by atoms with Gasteiger partial charge >= 0.3 is 0 Å². The minimum atomic E-state index is -0.0000815. The highest BCUT2D eigenvalue weighted by Crippen LogP contribution is 2.14. The van der Waals surface area contributed by atoms with Gasteiger partial charge in [0.05, 0.1) is 17.2 Å². The van der Waals surface area contributed by atoms with Crippen molar-refractivity contribution in [2.75, 3.05) is 0 Å². The van der Waals surface area contributed by atoms with Gasteiger partial charge in [0.2, 0.25) is 0 Å². The number of tetrazole rings is 1. The number of nitrogens with zero attached hydrogens (tertiary/aromatic N) is 5. The summed E-state index contributed by atoms with van der Waals surface area (Å²) >= 11 is 0. The number of hydrogen-bond donors (Lipinski definition) is 1. The second-order valence-electron chi connectivity index (χ2n) is 5.15. The predicted octanol–water partition coefficient (Wildman–Crippen LogP) is 1.16. The Bertz CT molecular complexity index is 821. The van der Waals surface area contributed by atoms with Crippen molar-refractivity contribution in [2.45, 2.75) is 33.2 Å². The lowest BCUT2D eigenvalue weighted by Crippen LogP contribution is -2.21. The van der Waals surface area contributed by atoms with Crippen LogP contribution < -0.4 is 5.56 Å². The van der Waals surface area contributed by atoms with Gasteiger partial charge in [-0.1, -0.05) is 11.3 Å². The second-order valence-corrected chi connectivity index (χ2v) is 5.15. The molecule has 1 N–H and O–H groups in total. The number of fused-ring (bicyclic) bond motifs is 1. The van der Waals surface area contributed by atoms with E-state index in [2.05, 4.69) is 25.6 Å². The molecule has 1 aromatic carbocycles. The number of benzene rings is 1. The molecule has 0 amide bonds. The first-order chi connectivity index (χ1) is 10.1. The van der Waals surface area contributed by atoms with E-state index < -0.39 is 0 Å². The number of rotatable bonds is 4. The first-order valence-corrected chi connectivity index (χ1v) is 6.84. The molecule has 0 bridgehead atoms. The second kappa shape index (κ2) is 5.43. The van der Waals surface area contributed by atoms with Crippen LogP contribution in [0.4, 0.5) is 0 Å². The highest BCUT2D eigenvalue weighted by atomic mass is 16.1. The number of aryl methyl sites for hydroxylation is 4. The van der Waals surface area contributed by atoms with Crippen LogP contribution in [0.1, 0.15) is 23.4 Å². The normalized spacial score (nSPS) is 11.1. The molecule has 0 aliphatic heterocycles. The molecule has 0 aliphatic carbocycles. The summed E-state index contributed by atoms with van der Waals surface area (Å²) in [6.07, 6.45) is 3.05. The third-order valence-corrected chi connectivity index (χ3v) is 3.45. The fourth-order valence-corrected chi connectivity index (χ4v) is 2.48. The van der Waals surface area contributed by atoms with Crippen molar-refractivity contribution in [3.63, 3.8) is 0 Å². The van der Waals surface area contributed by atoms with E-state index in [0.29, 0.717) is 24.2 Å². The zero-order valence-corrected chi connectivity index (χ0v) is 12.0. The van der Waals surface area contributed by atoms with Crippen LogP contribution in [0.2, 0.25) is 0 Å². The van der Waals surface area contributed by atoms with Crippen LogP contribution in [0.3, 0.4) is 0 Å². The van der Waals surface area contributed by atoms with Crippen LogP contribution in [0.25, 0.3) is 10.9 Å². The average Bonchev–Trinajstić information content (AvgIpc) is 2.95. The molecular formula is C14H16N6O.